The number of hydrogen-bond acceptors (Lipinski definition) is 1. The minimum atomic E-state index is -0.111. The van der Waals surface area contributed by atoms with Crippen LogP contribution in [0.15, 0.2) is 53.5 Å². The van der Waals surface area contributed by atoms with Crippen molar-refractivity contribution in [3.63, 3.8) is 0 Å². The molecule has 2 nitrogen and oxygen atoms in total. The average molecular weight is 195 g/mol. The van der Waals surface area contributed by atoms with E-state index >= 15 is 0 Å². The largest absolute Gasteiger partial charge is 0.328 e. The number of hydrogen-bond donors (Lipinski definition) is 1. The molecule has 72 valence electrons. The van der Waals surface area contributed by atoms with Crippen molar-refractivity contribution in [2.24, 2.45) is 0 Å². The first-order valence-corrected chi connectivity index (χ1v) is 4.60. The van der Waals surface area contributed by atoms with Crippen molar-refractivity contribution in [3.05, 3.63) is 70.1 Å². The SMILES string of the molecule is O=c1ccc(C#Cc2ccccc2)c[nH]1. The fourth-order valence-electron chi connectivity index (χ4n) is 1.15. The van der Waals surface area contributed by atoms with Crippen LogP contribution in [-0.2, 0) is 0 Å². The molecule has 0 aliphatic carbocycles. The predicted molar refractivity (Wildman–Crippen MR) is 59.5 cm³/mol. The molecule has 0 aliphatic heterocycles. The molecule has 2 aromatic rings. The Hall–Kier alpha value is -2.27. The van der Waals surface area contributed by atoms with E-state index in [-0.39, 0.29) is 5.56 Å². The van der Waals surface area contributed by atoms with Gasteiger partial charge in [0.25, 0.3) is 0 Å². The van der Waals surface area contributed by atoms with Gasteiger partial charge in [0.2, 0.25) is 5.56 Å². The molecule has 15 heavy (non-hydrogen) atoms. The van der Waals surface area contributed by atoms with Crippen LogP contribution in [0.5, 0.6) is 0 Å². The lowest BCUT2D eigenvalue weighted by atomic mass is 10.2. The van der Waals surface area contributed by atoms with Gasteiger partial charge in [-0.15, -0.1) is 0 Å². The minimum Gasteiger partial charge on any atom is -0.328 e. The molecular weight excluding hydrogens is 186 g/mol. The molecule has 1 heterocycles. The second kappa shape index (κ2) is 4.30. The van der Waals surface area contributed by atoms with E-state index in [1.165, 1.54) is 6.07 Å². The van der Waals surface area contributed by atoms with E-state index < -0.39 is 0 Å². The number of aromatic nitrogens is 1. The monoisotopic (exact) mass is 195 g/mol. The quantitative estimate of drug-likeness (QED) is 0.638. The summed E-state index contributed by atoms with van der Waals surface area (Å²) < 4.78 is 0. The molecule has 1 N–H and O–H groups in total. The fourth-order valence-corrected chi connectivity index (χ4v) is 1.15. The average Bonchev–Trinajstić information content (AvgIpc) is 2.30. The summed E-state index contributed by atoms with van der Waals surface area (Å²) in [7, 11) is 0. The van der Waals surface area contributed by atoms with E-state index in [4.69, 9.17) is 0 Å². The number of nitrogens with one attached hydrogen (secondary N) is 1. The first-order valence-electron chi connectivity index (χ1n) is 4.60. The van der Waals surface area contributed by atoms with E-state index in [1.807, 2.05) is 30.3 Å². The van der Waals surface area contributed by atoms with Crippen molar-refractivity contribution >= 4 is 0 Å². The molecule has 0 aliphatic rings. The summed E-state index contributed by atoms with van der Waals surface area (Å²) in [4.78, 5) is 13.4. The minimum absolute atomic E-state index is 0.111. The molecule has 1 aromatic carbocycles. The lowest BCUT2D eigenvalue weighted by Gasteiger charge is -1.88. The first-order chi connectivity index (χ1) is 7.34. The molecule has 0 unspecified atom stereocenters. The van der Waals surface area contributed by atoms with Crippen molar-refractivity contribution in [2.45, 2.75) is 0 Å². The van der Waals surface area contributed by atoms with Crippen molar-refractivity contribution in [3.8, 4) is 11.8 Å². The van der Waals surface area contributed by atoms with Gasteiger partial charge in [-0.3, -0.25) is 4.79 Å². The summed E-state index contributed by atoms with van der Waals surface area (Å²) in [5.41, 5.74) is 1.66. The van der Waals surface area contributed by atoms with Crippen LogP contribution in [0.4, 0.5) is 0 Å². The Bertz CT molecular complexity index is 538. The Morgan fingerprint density at radius 2 is 1.60 bits per heavy atom. The molecule has 2 rings (SSSR count). The van der Waals surface area contributed by atoms with Gasteiger partial charge in [0, 0.05) is 23.4 Å². The summed E-state index contributed by atoms with van der Waals surface area (Å²) in [5, 5.41) is 0. The van der Waals surface area contributed by atoms with Gasteiger partial charge in [-0.1, -0.05) is 30.0 Å². The van der Waals surface area contributed by atoms with E-state index in [2.05, 4.69) is 16.8 Å². The Labute approximate surface area is 87.6 Å². The Morgan fingerprint density at radius 1 is 0.867 bits per heavy atom. The molecule has 0 spiro atoms. The molecule has 0 fully saturated rings. The number of benzene rings is 1. The summed E-state index contributed by atoms with van der Waals surface area (Å²) in [6.45, 7) is 0. The molecule has 0 saturated heterocycles. The maximum atomic E-state index is 10.8. The van der Waals surface area contributed by atoms with Gasteiger partial charge in [-0.05, 0) is 18.2 Å². The third kappa shape index (κ3) is 2.58. The lowest BCUT2D eigenvalue weighted by molar-refractivity contribution is 1.23. The summed E-state index contributed by atoms with van der Waals surface area (Å²) >= 11 is 0. The summed E-state index contributed by atoms with van der Waals surface area (Å²) in [5.74, 6) is 5.98. The van der Waals surface area contributed by atoms with Crippen LogP contribution in [0.2, 0.25) is 0 Å². The van der Waals surface area contributed by atoms with Gasteiger partial charge in [-0.25, -0.2) is 0 Å². The molecule has 0 bridgehead atoms. The van der Waals surface area contributed by atoms with Crippen molar-refractivity contribution in [1.82, 2.24) is 4.98 Å². The van der Waals surface area contributed by atoms with E-state index in [1.54, 1.807) is 12.3 Å². The molecule has 0 saturated carbocycles. The Kier molecular flexibility index (Phi) is 2.66. The zero-order chi connectivity index (χ0) is 10.5. The third-order valence-electron chi connectivity index (χ3n) is 1.91. The molecule has 0 atom stereocenters. The van der Waals surface area contributed by atoms with Gasteiger partial charge >= 0.3 is 0 Å². The van der Waals surface area contributed by atoms with Gasteiger partial charge in [-0.2, -0.15) is 0 Å². The van der Waals surface area contributed by atoms with Gasteiger partial charge < -0.3 is 4.98 Å². The van der Waals surface area contributed by atoms with Gasteiger partial charge in [0.15, 0.2) is 0 Å². The fraction of sp³-hybridized carbons (Fsp3) is 0. The number of aromatic amines is 1. The normalized spacial score (nSPS) is 9.07. The van der Waals surface area contributed by atoms with Crippen molar-refractivity contribution < 1.29 is 0 Å². The first kappa shape index (κ1) is 9.29. The Balaban J connectivity index is 2.26. The highest BCUT2D eigenvalue weighted by Gasteiger charge is 1.86. The van der Waals surface area contributed by atoms with Crippen LogP contribution >= 0.6 is 0 Å². The van der Waals surface area contributed by atoms with Crippen LogP contribution in [0.1, 0.15) is 11.1 Å². The zero-order valence-electron chi connectivity index (χ0n) is 8.03. The topological polar surface area (TPSA) is 32.9 Å². The molecule has 0 amide bonds. The van der Waals surface area contributed by atoms with Crippen molar-refractivity contribution in [1.29, 1.82) is 0 Å². The van der Waals surface area contributed by atoms with E-state index in [0.717, 1.165) is 11.1 Å². The molecular formula is C13H9NO. The van der Waals surface area contributed by atoms with E-state index in [9.17, 15) is 4.79 Å². The van der Waals surface area contributed by atoms with E-state index in [0.29, 0.717) is 0 Å². The van der Waals surface area contributed by atoms with Gasteiger partial charge in [0.1, 0.15) is 0 Å². The summed E-state index contributed by atoms with van der Waals surface area (Å²) in [6, 6.07) is 12.9. The second-order valence-corrected chi connectivity index (χ2v) is 3.06. The molecule has 2 heteroatoms. The zero-order valence-corrected chi connectivity index (χ0v) is 8.03. The Morgan fingerprint density at radius 3 is 2.27 bits per heavy atom. The predicted octanol–water partition coefficient (Wildman–Crippen LogP) is 1.77. The van der Waals surface area contributed by atoms with Crippen LogP contribution in [0.25, 0.3) is 0 Å². The van der Waals surface area contributed by atoms with Crippen LogP contribution in [-0.4, -0.2) is 4.98 Å². The van der Waals surface area contributed by atoms with Crippen LogP contribution < -0.4 is 5.56 Å². The maximum Gasteiger partial charge on any atom is 0.247 e. The molecule has 0 radical (unpaired) electrons. The van der Waals surface area contributed by atoms with Gasteiger partial charge in [0.05, 0.1) is 0 Å². The molecule has 1 aromatic heterocycles. The number of rotatable bonds is 0. The van der Waals surface area contributed by atoms with Crippen molar-refractivity contribution in [2.75, 3.05) is 0 Å². The van der Waals surface area contributed by atoms with Crippen LogP contribution in [0.3, 0.4) is 0 Å². The second-order valence-electron chi connectivity index (χ2n) is 3.06. The summed E-state index contributed by atoms with van der Waals surface area (Å²) in [6.07, 6.45) is 1.61. The number of pyridine rings is 1. The lowest BCUT2D eigenvalue weighted by Crippen LogP contribution is -2.01. The third-order valence-corrected chi connectivity index (χ3v) is 1.91. The smallest absolute Gasteiger partial charge is 0.247 e. The standard InChI is InChI=1S/C13H9NO/c15-13-9-8-12(10-14-13)7-6-11-4-2-1-3-5-11/h1-5,8-10H,(H,14,15). The highest BCUT2D eigenvalue weighted by atomic mass is 16.1. The highest BCUT2D eigenvalue weighted by Crippen LogP contribution is 1.96. The van der Waals surface area contributed by atoms with Crippen LogP contribution in [0, 0.1) is 11.8 Å². The number of H-pyrrole nitrogens is 1. The maximum absolute atomic E-state index is 10.8. The highest BCUT2D eigenvalue weighted by molar-refractivity contribution is 5.41.